The molecule has 0 amide bonds. The van der Waals surface area contributed by atoms with Crippen LogP contribution in [0.5, 0.6) is 17.2 Å². The maximum Gasteiger partial charge on any atom is 0.161 e. The average molecular weight is 369 g/mol. The Bertz CT molecular complexity index is 1120. The molecule has 0 radical (unpaired) electrons. The Hall–Kier alpha value is -3.89. The van der Waals surface area contributed by atoms with Gasteiger partial charge in [-0.15, -0.1) is 6.42 Å². The quantitative estimate of drug-likeness (QED) is 0.351. The van der Waals surface area contributed by atoms with Gasteiger partial charge in [0.1, 0.15) is 12.4 Å². The van der Waals surface area contributed by atoms with Crippen molar-refractivity contribution in [2.75, 3.05) is 20.8 Å². The van der Waals surface area contributed by atoms with Crippen LogP contribution in [0.4, 0.5) is 0 Å². The van der Waals surface area contributed by atoms with Crippen LogP contribution >= 0.6 is 0 Å². The minimum atomic E-state index is 0.150. The first-order valence-corrected chi connectivity index (χ1v) is 8.64. The van der Waals surface area contributed by atoms with E-state index in [9.17, 15) is 5.26 Å². The molecule has 0 fully saturated rings. The van der Waals surface area contributed by atoms with Gasteiger partial charge in [-0.05, 0) is 46.7 Å². The van der Waals surface area contributed by atoms with E-state index >= 15 is 0 Å². The minimum absolute atomic E-state index is 0.150. The van der Waals surface area contributed by atoms with Gasteiger partial charge in [0, 0.05) is 5.56 Å². The van der Waals surface area contributed by atoms with Crippen molar-refractivity contribution in [1.29, 1.82) is 5.26 Å². The van der Waals surface area contributed by atoms with E-state index in [1.54, 1.807) is 26.4 Å². The van der Waals surface area contributed by atoms with Crippen LogP contribution in [0.15, 0.2) is 54.6 Å². The van der Waals surface area contributed by atoms with E-state index in [1.165, 1.54) is 0 Å². The van der Waals surface area contributed by atoms with Gasteiger partial charge >= 0.3 is 0 Å². The zero-order valence-corrected chi connectivity index (χ0v) is 15.7. The highest BCUT2D eigenvalue weighted by molar-refractivity contribution is 6.00. The van der Waals surface area contributed by atoms with Crippen molar-refractivity contribution in [3.63, 3.8) is 0 Å². The number of benzene rings is 3. The highest BCUT2D eigenvalue weighted by Crippen LogP contribution is 2.34. The third kappa shape index (κ3) is 3.77. The van der Waals surface area contributed by atoms with Crippen LogP contribution in [0.3, 0.4) is 0 Å². The summed E-state index contributed by atoms with van der Waals surface area (Å²) in [5.74, 6) is 4.27. The van der Waals surface area contributed by atoms with Crippen LogP contribution in [-0.4, -0.2) is 20.8 Å². The molecule has 0 spiro atoms. The number of allylic oxidation sites excluding steroid dienone is 1. The summed E-state index contributed by atoms with van der Waals surface area (Å²) in [5, 5.41) is 11.8. The fraction of sp³-hybridized carbons (Fsp3) is 0.125. The maximum atomic E-state index is 9.81. The largest absolute Gasteiger partial charge is 0.493 e. The van der Waals surface area contributed by atoms with Gasteiger partial charge in [0.25, 0.3) is 0 Å². The summed E-state index contributed by atoms with van der Waals surface area (Å²) >= 11 is 0. The van der Waals surface area contributed by atoms with E-state index in [2.05, 4.69) is 12.0 Å². The molecule has 0 saturated heterocycles. The van der Waals surface area contributed by atoms with E-state index in [4.69, 9.17) is 20.6 Å². The fourth-order valence-corrected chi connectivity index (χ4v) is 3.00. The second-order valence-corrected chi connectivity index (χ2v) is 5.93. The van der Waals surface area contributed by atoms with Crippen molar-refractivity contribution in [3.8, 4) is 35.7 Å². The smallest absolute Gasteiger partial charge is 0.161 e. The summed E-state index contributed by atoms with van der Waals surface area (Å²) < 4.78 is 16.4. The van der Waals surface area contributed by atoms with Crippen molar-refractivity contribution in [2.45, 2.75) is 0 Å². The van der Waals surface area contributed by atoms with Crippen molar-refractivity contribution in [2.24, 2.45) is 0 Å². The van der Waals surface area contributed by atoms with Gasteiger partial charge in [-0.1, -0.05) is 36.3 Å². The third-order valence-electron chi connectivity index (χ3n) is 4.35. The molecule has 0 aliphatic heterocycles. The zero-order chi connectivity index (χ0) is 19.9. The zero-order valence-electron chi connectivity index (χ0n) is 15.7. The fourth-order valence-electron chi connectivity index (χ4n) is 3.00. The number of hydrogen-bond acceptors (Lipinski definition) is 4. The van der Waals surface area contributed by atoms with E-state index in [1.807, 2.05) is 48.5 Å². The molecule has 3 rings (SSSR count). The number of hydrogen-bond donors (Lipinski definition) is 0. The number of methoxy groups -OCH3 is 2. The standard InChI is InChI=1S/C24H19NO3/c1-4-13-28-22-11-9-17-7-5-6-8-20(17)21(22)14-19(16-25)18-10-12-23(26-2)24(15-18)27-3/h1,5-12,14-15H,13H2,2-3H3/b19-14+. The van der Waals surface area contributed by atoms with E-state index in [-0.39, 0.29) is 6.61 Å². The second kappa shape index (κ2) is 8.66. The Morgan fingerprint density at radius 3 is 2.46 bits per heavy atom. The lowest BCUT2D eigenvalue weighted by Gasteiger charge is -2.12. The Balaban J connectivity index is 2.18. The maximum absolute atomic E-state index is 9.81. The van der Waals surface area contributed by atoms with Crippen molar-refractivity contribution in [1.82, 2.24) is 0 Å². The molecule has 0 aliphatic carbocycles. The number of ether oxygens (including phenoxy) is 3. The summed E-state index contributed by atoms with van der Waals surface area (Å²) in [5.41, 5.74) is 2.00. The molecule has 0 bridgehead atoms. The lowest BCUT2D eigenvalue weighted by atomic mass is 9.98. The van der Waals surface area contributed by atoms with E-state index in [0.29, 0.717) is 22.8 Å². The Morgan fingerprint density at radius 1 is 1.00 bits per heavy atom. The van der Waals surface area contributed by atoms with Gasteiger partial charge in [-0.25, -0.2) is 0 Å². The highest BCUT2D eigenvalue weighted by atomic mass is 16.5. The molecule has 138 valence electrons. The molecular formula is C24H19NO3. The molecule has 3 aromatic rings. The van der Waals surface area contributed by atoms with Gasteiger partial charge in [0.15, 0.2) is 11.5 Å². The van der Waals surface area contributed by atoms with Gasteiger partial charge in [0.2, 0.25) is 0 Å². The summed E-state index contributed by atoms with van der Waals surface area (Å²) in [7, 11) is 3.14. The molecule has 0 heterocycles. The Morgan fingerprint density at radius 2 is 1.75 bits per heavy atom. The van der Waals surface area contributed by atoms with E-state index < -0.39 is 0 Å². The average Bonchev–Trinajstić information content (AvgIpc) is 2.75. The van der Waals surface area contributed by atoms with Crippen molar-refractivity contribution < 1.29 is 14.2 Å². The van der Waals surface area contributed by atoms with Crippen LogP contribution in [0.2, 0.25) is 0 Å². The normalized spacial score (nSPS) is 10.8. The third-order valence-corrected chi connectivity index (χ3v) is 4.35. The molecule has 0 aromatic heterocycles. The SMILES string of the molecule is C#CCOc1ccc2ccccc2c1/C=C(\C#N)c1ccc(OC)c(OC)c1. The molecule has 0 atom stereocenters. The number of nitrogens with zero attached hydrogens (tertiary/aromatic N) is 1. The highest BCUT2D eigenvalue weighted by Gasteiger charge is 2.12. The number of rotatable bonds is 6. The molecule has 0 aliphatic rings. The minimum Gasteiger partial charge on any atom is -0.493 e. The summed E-state index contributed by atoms with van der Waals surface area (Å²) in [6.07, 6.45) is 7.16. The van der Waals surface area contributed by atoms with Gasteiger partial charge in [-0.3, -0.25) is 0 Å². The molecule has 4 nitrogen and oxygen atoms in total. The van der Waals surface area contributed by atoms with Crippen molar-refractivity contribution in [3.05, 3.63) is 65.7 Å². The van der Waals surface area contributed by atoms with Crippen LogP contribution < -0.4 is 14.2 Å². The van der Waals surface area contributed by atoms with Gasteiger partial charge in [0.05, 0.1) is 25.9 Å². The second-order valence-electron chi connectivity index (χ2n) is 5.93. The number of terminal acetylenes is 1. The lowest BCUT2D eigenvalue weighted by molar-refractivity contribution is 0.355. The van der Waals surface area contributed by atoms with Gasteiger partial charge < -0.3 is 14.2 Å². The predicted molar refractivity (Wildman–Crippen MR) is 111 cm³/mol. The molecule has 0 unspecified atom stereocenters. The first-order valence-electron chi connectivity index (χ1n) is 8.64. The molecule has 4 heteroatoms. The van der Waals surface area contributed by atoms with Crippen LogP contribution in [-0.2, 0) is 0 Å². The monoisotopic (exact) mass is 369 g/mol. The number of nitriles is 1. The Kier molecular flexibility index (Phi) is 5.84. The molecule has 28 heavy (non-hydrogen) atoms. The molecule has 0 N–H and O–H groups in total. The van der Waals surface area contributed by atoms with Crippen LogP contribution in [0, 0.1) is 23.7 Å². The van der Waals surface area contributed by atoms with Crippen molar-refractivity contribution >= 4 is 22.4 Å². The molecule has 0 saturated carbocycles. The Labute approximate surface area is 164 Å². The van der Waals surface area contributed by atoms with Gasteiger partial charge in [-0.2, -0.15) is 5.26 Å². The van der Waals surface area contributed by atoms with Crippen LogP contribution in [0.25, 0.3) is 22.4 Å². The molecular weight excluding hydrogens is 350 g/mol. The summed E-state index contributed by atoms with van der Waals surface area (Å²) in [6.45, 7) is 0.150. The summed E-state index contributed by atoms with van der Waals surface area (Å²) in [4.78, 5) is 0. The van der Waals surface area contributed by atoms with E-state index in [0.717, 1.165) is 21.9 Å². The first-order chi connectivity index (χ1) is 13.7. The molecule has 3 aromatic carbocycles. The number of fused-ring (bicyclic) bond motifs is 1. The topological polar surface area (TPSA) is 51.5 Å². The predicted octanol–water partition coefficient (Wildman–Crippen LogP) is 4.93. The lowest BCUT2D eigenvalue weighted by Crippen LogP contribution is -1.97. The first kappa shape index (κ1) is 18.9. The van der Waals surface area contributed by atoms with Crippen LogP contribution in [0.1, 0.15) is 11.1 Å². The summed E-state index contributed by atoms with van der Waals surface area (Å²) in [6, 6.07) is 19.4.